The Morgan fingerprint density at radius 1 is 1.47 bits per heavy atom. The van der Waals surface area contributed by atoms with Gasteiger partial charge < -0.3 is 16.0 Å². The molecule has 0 aliphatic carbocycles. The predicted molar refractivity (Wildman–Crippen MR) is 75.5 cm³/mol. The first kappa shape index (κ1) is 13.5. The molecular weight excluding hydrogens is 240 g/mol. The molecule has 1 aromatic carbocycles. The van der Waals surface area contributed by atoms with Crippen LogP contribution >= 0.6 is 0 Å². The summed E-state index contributed by atoms with van der Waals surface area (Å²) < 4.78 is 0. The fourth-order valence-corrected chi connectivity index (χ4v) is 1.81. The Morgan fingerprint density at radius 2 is 2.21 bits per heavy atom. The second-order valence-electron chi connectivity index (χ2n) is 5.44. The van der Waals surface area contributed by atoms with Crippen LogP contribution in [0.2, 0.25) is 0 Å². The number of aryl methyl sites for hydroxylation is 1. The highest BCUT2D eigenvalue weighted by Gasteiger charge is 2.25. The molecule has 1 aromatic heterocycles. The number of hydrogen-bond acceptors (Lipinski definition) is 3. The molecule has 0 aliphatic rings. The van der Waals surface area contributed by atoms with Crippen LogP contribution in [0.1, 0.15) is 25.2 Å². The SMILES string of the molecule is Cc1nc2ccc(CNC(=O)C(C)(C)CN)cc2[nH]1. The molecule has 0 fully saturated rings. The maximum Gasteiger partial charge on any atom is 0.227 e. The molecule has 1 heterocycles. The van der Waals surface area contributed by atoms with Crippen molar-refractivity contribution in [2.75, 3.05) is 6.54 Å². The standard InChI is InChI=1S/C14H20N4O/c1-9-17-11-5-4-10(6-12(11)18-9)7-16-13(19)14(2,3)8-15/h4-6H,7-8,15H2,1-3H3,(H,16,19)(H,17,18). The summed E-state index contributed by atoms with van der Waals surface area (Å²) in [7, 11) is 0. The van der Waals surface area contributed by atoms with Gasteiger partial charge in [-0.25, -0.2) is 4.98 Å². The van der Waals surface area contributed by atoms with E-state index in [1.54, 1.807) is 0 Å². The molecule has 0 aliphatic heterocycles. The highest BCUT2D eigenvalue weighted by Crippen LogP contribution is 2.15. The molecule has 0 saturated carbocycles. The number of rotatable bonds is 4. The molecule has 0 atom stereocenters. The van der Waals surface area contributed by atoms with Gasteiger partial charge in [-0.1, -0.05) is 6.07 Å². The summed E-state index contributed by atoms with van der Waals surface area (Å²) in [5, 5.41) is 2.91. The Labute approximate surface area is 112 Å². The van der Waals surface area contributed by atoms with E-state index in [1.165, 1.54) is 0 Å². The quantitative estimate of drug-likeness (QED) is 0.778. The van der Waals surface area contributed by atoms with Gasteiger partial charge in [0, 0.05) is 13.1 Å². The topological polar surface area (TPSA) is 83.8 Å². The molecule has 0 spiro atoms. The van der Waals surface area contributed by atoms with Gasteiger partial charge in [0.25, 0.3) is 0 Å². The molecule has 5 nitrogen and oxygen atoms in total. The fourth-order valence-electron chi connectivity index (χ4n) is 1.81. The number of H-pyrrole nitrogens is 1. The summed E-state index contributed by atoms with van der Waals surface area (Å²) in [5.41, 5.74) is 8.01. The van der Waals surface area contributed by atoms with Gasteiger partial charge in [0.15, 0.2) is 0 Å². The third kappa shape index (κ3) is 2.93. The lowest BCUT2D eigenvalue weighted by molar-refractivity contribution is -0.129. The lowest BCUT2D eigenvalue weighted by Crippen LogP contribution is -2.41. The second-order valence-corrected chi connectivity index (χ2v) is 5.44. The molecule has 4 N–H and O–H groups in total. The highest BCUT2D eigenvalue weighted by molar-refractivity contribution is 5.82. The minimum Gasteiger partial charge on any atom is -0.352 e. The minimum atomic E-state index is -0.533. The summed E-state index contributed by atoms with van der Waals surface area (Å²) in [6.45, 7) is 6.42. The number of aromatic amines is 1. The maximum absolute atomic E-state index is 11.9. The van der Waals surface area contributed by atoms with Crippen molar-refractivity contribution in [3.8, 4) is 0 Å². The van der Waals surface area contributed by atoms with Crippen molar-refractivity contribution in [2.45, 2.75) is 27.3 Å². The number of nitrogens with two attached hydrogens (primary N) is 1. The van der Waals surface area contributed by atoms with Crippen LogP contribution in [0.3, 0.4) is 0 Å². The maximum atomic E-state index is 11.9. The van der Waals surface area contributed by atoms with Crippen LogP contribution in [0.4, 0.5) is 0 Å². The van der Waals surface area contributed by atoms with Crippen molar-refractivity contribution in [3.05, 3.63) is 29.6 Å². The molecule has 0 unspecified atom stereocenters. The zero-order valence-corrected chi connectivity index (χ0v) is 11.6. The van der Waals surface area contributed by atoms with Gasteiger partial charge in [-0.15, -0.1) is 0 Å². The minimum absolute atomic E-state index is 0.0316. The molecule has 0 bridgehead atoms. The van der Waals surface area contributed by atoms with E-state index in [1.807, 2.05) is 39.0 Å². The number of nitrogens with one attached hydrogen (secondary N) is 2. The molecular formula is C14H20N4O. The number of benzene rings is 1. The molecule has 0 radical (unpaired) electrons. The second kappa shape index (κ2) is 5.01. The Hall–Kier alpha value is -1.88. The monoisotopic (exact) mass is 260 g/mol. The van der Waals surface area contributed by atoms with Crippen LogP contribution < -0.4 is 11.1 Å². The van der Waals surface area contributed by atoms with Crippen LogP contribution in [0.25, 0.3) is 11.0 Å². The lowest BCUT2D eigenvalue weighted by Gasteiger charge is -2.21. The number of aromatic nitrogens is 2. The summed E-state index contributed by atoms with van der Waals surface area (Å²) >= 11 is 0. The molecule has 1 amide bonds. The van der Waals surface area contributed by atoms with Crippen molar-refractivity contribution < 1.29 is 4.79 Å². The van der Waals surface area contributed by atoms with E-state index >= 15 is 0 Å². The molecule has 102 valence electrons. The molecule has 2 rings (SSSR count). The first-order valence-corrected chi connectivity index (χ1v) is 6.36. The predicted octanol–water partition coefficient (Wildman–Crippen LogP) is 1.47. The van der Waals surface area contributed by atoms with Crippen LogP contribution in [0.5, 0.6) is 0 Å². The molecule has 2 aromatic rings. The average Bonchev–Trinajstić information content (AvgIpc) is 2.74. The van der Waals surface area contributed by atoms with Gasteiger partial charge in [0.2, 0.25) is 5.91 Å². The van der Waals surface area contributed by atoms with E-state index in [0.717, 1.165) is 22.4 Å². The van der Waals surface area contributed by atoms with Crippen molar-refractivity contribution >= 4 is 16.9 Å². The van der Waals surface area contributed by atoms with E-state index in [2.05, 4.69) is 15.3 Å². The molecule has 19 heavy (non-hydrogen) atoms. The van der Waals surface area contributed by atoms with Crippen molar-refractivity contribution in [1.29, 1.82) is 0 Å². The smallest absolute Gasteiger partial charge is 0.227 e. The molecule has 5 heteroatoms. The number of carbonyl (C=O) groups is 1. The summed E-state index contributed by atoms with van der Waals surface area (Å²) in [4.78, 5) is 19.5. The van der Waals surface area contributed by atoms with Crippen LogP contribution in [0.15, 0.2) is 18.2 Å². The number of nitrogens with zero attached hydrogens (tertiary/aromatic N) is 1. The normalized spacial score (nSPS) is 11.8. The van der Waals surface area contributed by atoms with E-state index in [-0.39, 0.29) is 5.91 Å². The highest BCUT2D eigenvalue weighted by atomic mass is 16.2. The van der Waals surface area contributed by atoms with Gasteiger partial charge in [0.05, 0.1) is 16.4 Å². The Kier molecular flexibility index (Phi) is 3.57. The van der Waals surface area contributed by atoms with Gasteiger partial charge in [-0.3, -0.25) is 4.79 Å². The third-order valence-corrected chi connectivity index (χ3v) is 3.24. The zero-order valence-electron chi connectivity index (χ0n) is 11.6. The largest absolute Gasteiger partial charge is 0.352 e. The Morgan fingerprint density at radius 3 is 2.89 bits per heavy atom. The number of fused-ring (bicyclic) bond motifs is 1. The number of imidazole rings is 1. The first-order valence-electron chi connectivity index (χ1n) is 6.36. The zero-order chi connectivity index (χ0) is 14.0. The summed E-state index contributed by atoms with van der Waals surface area (Å²) in [6, 6.07) is 5.93. The van der Waals surface area contributed by atoms with Crippen molar-refractivity contribution in [2.24, 2.45) is 11.1 Å². The van der Waals surface area contributed by atoms with E-state index in [0.29, 0.717) is 13.1 Å². The van der Waals surface area contributed by atoms with E-state index in [4.69, 9.17) is 5.73 Å². The lowest BCUT2D eigenvalue weighted by atomic mass is 9.92. The fraction of sp³-hybridized carbons (Fsp3) is 0.429. The molecule has 0 saturated heterocycles. The van der Waals surface area contributed by atoms with Crippen LogP contribution in [0, 0.1) is 12.3 Å². The number of hydrogen-bond donors (Lipinski definition) is 3. The van der Waals surface area contributed by atoms with Crippen molar-refractivity contribution in [1.82, 2.24) is 15.3 Å². The third-order valence-electron chi connectivity index (χ3n) is 3.24. The van der Waals surface area contributed by atoms with Gasteiger partial charge in [-0.2, -0.15) is 0 Å². The van der Waals surface area contributed by atoms with Gasteiger partial charge in [-0.05, 0) is 38.5 Å². The summed E-state index contributed by atoms with van der Waals surface area (Å²) in [5.74, 6) is 0.858. The van der Waals surface area contributed by atoms with Gasteiger partial charge >= 0.3 is 0 Å². The Bertz CT molecular complexity index is 601. The van der Waals surface area contributed by atoms with Crippen LogP contribution in [-0.2, 0) is 11.3 Å². The number of amides is 1. The summed E-state index contributed by atoms with van der Waals surface area (Å²) in [6.07, 6.45) is 0. The average molecular weight is 260 g/mol. The van der Waals surface area contributed by atoms with Crippen LogP contribution in [-0.4, -0.2) is 22.4 Å². The number of carbonyl (C=O) groups excluding carboxylic acids is 1. The van der Waals surface area contributed by atoms with Gasteiger partial charge in [0.1, 0.15) is 5.82 Å². The Balaban J connectivity index is 2.07. The van der Waals surface area contributed by atoms with E-state index < -0.39 is 5.41 Å². The van der Waals surface area contributed by atoms with E-state index in [9.17, 15) is 4.79 Å². The first-order chi connectivity index (χ1) is 8.92. The van der Waals surface area contributed by atoms with Crippen molar-refractivity contribution in [3.63, 3.8) is 0 Å².